The van der Waals surface area contributed by atoms with E-state index in [2.05, 4.69) is 16.6 Å². The second kappa shape index (κ2) is 7.42. The minimum atomic E-state index is -3.43. The number of amides is 1. The number of nitrogens with one attached hydrogen (secondary N) is 2. The smallest absolute Gasteiger partial charge is 0.222 e. The monoisotopic (exact) mass is 316 g/mol. The molecule has 1 amide bonds. The summed E-state index contributed by atoms with van der Waals surface area (Å²) in [5.41, 5.74) is 0.675. The lowest BCUT2D eigenvalue weighted by atomic mass is 10.0. The van der Waals surface area contributed by atoms with Crippen LogP contribution in [0.2, 0.25) is 5.02 Å². The van der Waals surface area contributed by atoms with Crippen LogP contribution < -0.4 is 10.0 Å². The lowest BCUT2D eigenvalue weighted by Crippen LogP contribution is -2.33. The Labute approximate surface area is 124 Å². The van der Waals surface area contributed by atoms with Gasteiger partial charge in [0.2, 0.25) is 15.9 Å². The molecule has 0 saturated heterocycles. The van der Waals surface area contributed by atoms with E-state index in [0.717, 1.165) is 6.26 Å². The molecule has 0 aliphatic carbocycles. The maximum atomic E-state index is 11.7. The minimum Gasteiger partial charge on any atom is -0.353 e. The summed E-state index contributed by atoms with van der Waals surface area (Å²) < 4.78 is 25.2. The van der Waals surface area contributed by atoms with Crippen molar-refractivity contribution in [2.24, 2.45) is 0 Å². The van der Waals surface area contributed by atoms with Crippen LogP contribution in [-0.2, 0) is 14.8 Å². The van der Waals surface area contributed by atoms with Gasteiger partial charge in [-0.1, -0.05) is 29.8 Å². The average molecular weight is 317 g/mol. The van der Waals surface area contributed by atoms with Crippen molar-refractivity contribution in [3.8, 4) is 0 Å². The molecule has 1 aromatic rings. The highest BCUT2D eigenvalue weighted by Gasteiger charge is 2.19. The third-order valence-electron chi connectivity index (χ3n) is 2.46. The van der Waals surface area contributed by atoms with Crippen molar-refractivity contribution in [1.82, 2.24) is 10.0 Å². The Morgan fingerprint density at radius 1 is 1.40 bits per heavy atom. The Balaban J connectivity index is 2.87. The molecular weight excluding hydrogens is 300 g/mol. The Bertz CT molecular complexity index is 570. The number of halogens is 1. The fraction of sp³-hybridized carbons (Fsp3) is 0.308. The van der Waals surface area contributed by atoms with Crippen LogP contribution >= 0.6 is 11.6 Å². The Morgan fingerprint density at radius 2 is 2.00 bits per heavy atom. The second-order valence-electron chi connectivity index (χ2n) is 4.29. The lowest BCUT2D eigenvalue weighted by molar-refractivity contribution is -0.121. The number of carbonyl (C=O) groups excluding carboxylic acids is 1. The first kappa shape index (κ1) is 16.7. The van der Waals surface area contributed by atoms with Crippen molar-refractivity contribution in [3.05, 3.63) is 47.5 Å². The summed E-state index contributed by atoms with van der Waals surface area (Å²) in [7, 11) is -3.43. The van der Waals surface area contributed by atoms with Crippen molar-refractivity contribution < 1.29 is 13.2 Å². The van der Waals surface area contributed by atoms with Gasteiger partial charge in [0.1, 0.15) is 0 Å². The summed E-state index contributed by atoms with van der Waals surface area (Å²) in [5, 5.41) is 3.16. The van der Waals surface area contributed by atoms with Crippen LogP contribution in [0, 0.1) is 0 Å². The predicted octanol–water partition coefficient (Wildman–Crippen LogP) is 1.62. The van der Waals surface area contributed by atoms with E-state index in [1.807, 2.05) is 0 Å². The van der Waals surface area contributed by atoms with Crippen molar-refractivity contribution in [1.29, 1.82) is 0 Å². The van der Waals surface area contributed by atoms with E-state index in [1.54, 1.807) is 30.3 Å². The van der Waals surface area contributed by atoms with E-state index in [-0.39, 0.29) is 12.3 Å². The SMILES string of the molecule is C=CCNC(=O)C[C@@H](NS(C)(=O)=O)c1ccc(Cl)cc1. The van der Waals surface area contributed by atoms with E-state index in [0.29, 0.717) is 17.1 Å². The van der Waals surface area contributed by atoms with Crippen LogP contribution in [-0.4, -0.2) is 27.1 Å². The first-order chi connectivity index (χ1) is 9.31. The van der Waals surface area contributed by atoms with Crippen LogP contribution in [0.25, 0.3) is 0 Å². The Kier molecular flexibility index (Phi) is 6.19. The van der Waals surface area contributed by atoms with Crippen molar-refractivity contribution in [3.63, 3.8) is 0 Å². The number of hydrogen-bond donors (Lipinski definition) is 2. The third-order valence-corrected chi connectivity index (χ3v) is 3.43. The molecule has 0 fully saturated rings. The van der Waals surface area contributed by atoms with Gasteiger partial charge in [-0.15, -0.1) is 6.58 Å². The topological polar surface area (TPSA) is 75.3 Å². The maximum Gasteiger partial charge on any atom is 0.222 e. The average Bonchev–Trinajstić information content (AvgIpc) is 2.35. The van der Waals surface area contributed by atoms with Gasteiger partial charge in [0.15, 0.2) is 0 Å². The third kappa shape index (κ3) is 6.18. The van der Waals surface area contributed by atoms with E-state index < -0.39 is 16.1 Å². The molecule has 20 heavy (non-hydrogen) atoms. The molecule has 0 bridgehead atoms. The van der Waals surface area contributed by atoms with Gasteiger partial charge in [-0.2, -0.15) is 0 Å². The largest absolute Gasteiger partial charge is 0.353 e. The summed E-state index contributed by atoms with van der Waals surface area (Å²) in [4.78, 5) is 11.7. The molecule has 2 N–H and O–H groups in total. The Morgan fingerprint density at radius 3 is 2.50 bits per heavy atom. The fourth-order valence-corrected chi connectivity index (χ4v) is 2.49. The van der Waals surface area contributed by atoms with Gasteiger partial charge in [0, 0.05) is 18.0 Å². The summed E-state index contributed by atoms with van der Waals surface area (Å²) in [5.74, 6) is -0.263. The Hall–Kier alpha value is -1.37. The van der Waals surface area contributed by atoms with Gasteiger partial charge in [0.25, 0.3) is 0 Å². The van der Waals surface area contributed by atoms with E-state index >= 15 is 0 Å². The van der Waals surface area contributed by atoms with Crippen LogP contribution in [0.15, 0.2) is 36.9 Å². The molecule has 5 nitrogen and oxygen atoms in total. The van der Waals surface area contributed by atoms with Crippen LogP contribution in [0.1, 0.15) is 18.0 Å². The normalized spacial score (nSPS) is 12.7. The molecule has 0 aliphatic rings. The molecule has 7 heteroatoms. The van der Waals surface area contributed by atoms with Crippen molar-refractivity contribution in [2.75, 3.05) is 12.8 Å². The number of sulfonamides is 1. The summed E-state index contributed by atoms with van der Waals surface area (Å²) >= 11 is 5.79. The van der Waals surface area contributed by atoms with Crippen molar-refractivity contribution >= 4 is 27.5 Å². The molecule has 0 aromatic heterocycles. The standard InChI is InChI=1S/C13H17ClN2O3S/c1-3-8-15-13(17)9-12(16-20(2,18)19)10-4-6-11(14)7-5-10/h3-7,12,16H,1,8-9H2,2H3,(H,15,17)/t12-/m1/s1. The molecule has 0 saturated carbocycles. The summed E-state index contributed by atoms with van der Waals surface area (Å²) in [6.07, 6.45) is 2.61. The maximum absolute atomic E-state index is 11.7. The molecular formula is C13H17ClN2O3S. The zero-order valence-electron chi connectivity index (χ0n) is 11.1. The summed E-state index contributed by atoms with van der Waals surface area (Å²) in [6.45, 7) is 3.84. The van der Waals surface area contributed by atoms with Crippen LogP contribution in [0.4, 0.5) is 0 Å². The number of rotatable bonds is 7. The molecule has 110 valence electrons. The first-order valence-electron chi connectivity index (χ1n) is 5.92. The highest BCUT2D eigenvalue weighted by Crippen LogP contribution is 2.20. The molecule has 1 atom stereocenters. The van der Waals surface area contributed by atoms with Gasteiger partial charge in [-0.05, 0) is 17.7 Å². The molecule has 0 unspecified atom stereocenters. The van der Waals surface area contributed by atoms with E-state index in [1.165, 1.54) is 0 Å². The number of hydrogen-bond acceptors (Lipinski definition) is 3. The van der Waals surface area contributed by atoms with Crippen LogP contribution in [0.3, 0.4) is 0 Å². The number of carbonyl (C=O) groups is 1. The fourth-order valence-electron chi connectivity index (χ4n) is 1.62. The van der Waals surface area contributed by atoms with Gasteiger partial charge < -0.3 is 5.32 Å². The predicted molar refractivity (Wildman–Crippen MR) is 80.0 cm³/mol. The highest BCUT2D eigenvalue weighted by atomic mass is 35.5. The van der Waals surface area contributed by atoms with Gasteiger partial charge in [-0.3, -0.25) is 4.79 Å². The van der Waals surface area contributed by atoms with Gasteiger partial charge in [0.05, 0.1) is 12.3 Å². The molecule has 1 aromatic carbocycles. The first-order valence-corrected chi connectivity index (χ1v) is 8.19. The molecule has 0 spiro atoms. The molecule has 0 radical (unpaired) electrons. The van der Waals surface area contributed by atoms with Crippen molar-refractivity contribution in [2.45, 2.75) is 12.5 Å². The zero-order chi connectivity index (χ0) is 15.2. The molecule has 0 heterocycles. The number of benzene rings is 1. The van der Waals surface area contributed by atoms with Gasteiger partial charge in [-0.25, -0.2) is 13.1 Å². The highest BCUT2D eigenvalue weighted by molar-refractivity contribution is 7.88. The summed E-state index contributed by atoms with van der Waals surface area (Å²) in [6, 6.07) is 6.04. The minimum absolute atomic E-state index is 0.00252. The van der Waals surface area contributed by atoms with Gasteiger partial charge >= 0.3 is 0 Å². The van der Waals surface area contributed by atoms with E-state index in [9.17, 15) is 13.2 Å². The quantitative estimate of drug-likeness (QED) is 0.751. The van der Waals surface area contributed by atoms with Crippen LogP contribution in [0.5, 0.6) is 0 Å². The zero-order valence-corrected chi connectivity index (χ0v) is 12.7. The lowest BCUT2D eigenvalue weighted by Gasteiger charge is -2.17. The second-order valence-corrected chi connectivity index (χ2v) is 6.51. The molecule has 1 rings (SSSR count). The van der Waals surface area contributed by atoms with E-state index in [4.69, 9.17) is 11.6 Å². The molecule has 0 aliphatic heterocycles.